The van der Waals surface area contributed by atoms with E-state index < -0.39 is 0 Å². The monoisotopic (exact) mass is 209 g/mol. The highest BCUT2D eigenvalue weighted by atomic mass is 14.9. The first-order valence-corrected chi connectivity index (χ1v) is 5.23. The number of nitrogens with zero attached hydrogens (tertiary/aromatic N) is 2. The summed E-state index contributed by atoms with van der Waals surface area (Å²) in [5.74, 6) is 0. The summed E-state index contributed by atoms with van der Waals surface area (Å²) in [7, 11) is 0. The largest absolute Gasteiger partial charge is 0.201 e. The zero-order chi connectivity index (χ0) is 11.4. The fourth-order valence-corrected chi connectivity index (χ4v) is 1.62. The molecule has 0 saturated heterocycles. The SMILES string of the molecule is Cc1ccccc1C[n+]1ccc(C#N)cc1. The van der Waals surface area contributed by atoms with Crippen LogP contribution in [0, 0.1) is 18.3 Å². The molecule has 2 aromatic rings. The second kappa shape index (κ2) is 4.59. The molecule has 1 heterocycles. The molecule has 0 saturated carbocycles. The lowest BCUT2D eigenvalue weighted by molar-refractivity contribution is -0.688. The molecule has 0 unspecified atom stereocenters. The van der Waals surface area contributed by atoms with Gasteiger partial charge in [-0.25, -0.2) is 4.57 Å². The van der Waals surface area contributed by atoms with Crippen molar-refractivity contribution < 1.29 is 4.57 Å². The highest BCUT2D eigenvalue weighted by Crippen LogP contribution is 2.06. The van der Waals surface area contributed by atoms with Crippen LogP contribution in [0.1, 0.15) is 16.7 Å². The smallest absolute Gasteiger partial charge is 0.174 e. The Morgan fingerprint density at radius 3 is 2.44 bits per heavy atom. The Labute approximate surface area is 95.4 Å². The molecule has 1 aromatic carbocycles. The number of aromatic nitrogens is 1. The first-order chi connectivity index (χ1) is 7.79. The van der Waals surface area contributed by atoms with Gasteiger partial charge in [0, 0.05) is 17.7 Å². The Hall–Kier alpha value is -2.14. The van der Waals surface area contributed by atoms with Gasteiger partial charge < -0.3 is 0 Å². The molecular formula is C14H13N2+. The minimum atomic E-state index is 0.695. The summed E-state index contributed by atoms with van der Waals surface area (Å²) in [6.07, 6.45) is 3.87. The summed E-state index contributed by atoms with van der Waals surface area (Å²) in [5, 5.41) is 8.70. The number of hydrogen-bond acceptors (Lipinski definition) is 1. The van der Waals surface area contributed by atoms with Crippen molar-refractivity contribution in [1.29, 1.82) is 5.26 Å². The van der Waals surface area contributed by atoms with Gasteiger partial charge in [0.15, 0.2) is 18.9 Å². The lowest BCUT2D eigenvalue weighted by Crippen LogP contribution is -2.33. The number of nitriles is 1. The van der Waals surface area contributed by atoms with Crippen molar-refractivity contribution in [1.82, 2.24) is 0 Å². The molecule has 78 valence electrons. The zero-order valence-electron chi connectivity index (χ0n) is 9.22. The molecule has 0 spiro atoms. The number of benzene rings is 1. The second-order valence-electron chi connectivity index (χ2n) is 3.80. The van der Waals surface area contributed by atoms with Crippen LogP contribution in [-0.2, 0) is 6.54 Å². The molecule has 2 rings (SSSR count). The minimum absolute atomic E-state index is 0.695. The highest BCUT2D eigenvalue weighted by Gasteiger charge is 2.04. The molecule has 0 bridgehead atoms. The van der Waals surface area contributed by atoms with Crippen LogP contribution in [0.4, 0.5) is 0 Å². The van der Waals surface area contributed by atoms with Crippen LogP contribution in [0.2, 0.25) is 0 Å². The van der Waals surface area contributed by atoms with E-state index in [0.29, 0.717) is 5.56 Å². The van der Waals surface area contributed by atoms with Crippen LogP contribution in [0.25, 0.3) is 0 Å². The van der Waals surface area contributed by atoms with E-state index in [9.17, 15) is 0 Å². The van der Waals surface area contributed by atoms with Gasteiger partial charge in [-0.05, 0) is 12.5 Å². The zero-order valence-corrected chi connectivity index (χ0v) is 9.22. The van der Waals surface area contributed by atoms with E-state index in [0.717, 1.165) is 6.54 Å². The van der Waals surface area contributed by atoms with E-state index >= 15 is 0 Å². The van der Waals surface area contributed by atoms with Crippen molar-refractivity contribution in [2.75, 3.05) is 0 Å². The lowest BCUT2D eigenvalue weighted by Gasteiger charge is -2.01. The van der Waals surface area contributed by atoms with Crippen molar-refractivity contribution >= 4 is 0 Å². The normalized spacial score (nSPS) is 9.75. The van der Waals surface area contributed by atoms with Gasteiger partial charge in [0.25, 0.3) is 0 Å². The van der Waals surface area contributed by atoms with Crippen LogP contribution in [-0.4, -0.2) is 0 Å². The third-order valence-electron chi connectivity index (χ3n) is 2.63. The summed E-state index contributed by atoms with van der Waals surface area (Å²) >= 11 is 0. The van der Waals surface area contributed by atoms with E-state index in [2.05, 4.69) is 29.7 Å². The van der Waals surface area contributed by atoms with Crippen molar-refractivity contribution in [3.63, 3.8) is 0 Å². The van der Waals surface area contributed by atoms with E-state index in [4.69, 9.17) is 5.26 Å². The van der Waals surface area contributed by atoms with Crippen LogP contribution < -0.4 is 4.57 Å². The topological polar surface area (TPSA) is 27.7 Å². The van der Waals surface area contributed by atoms with Crippen molar-refractivity contribution in [2.45, 2.75) is 13.5 Å². The number of aryl methyl sites for hydroxylation is 1. The first kappa shape index (κ1) is 10.4. The summed E-state index contributed by atoms with van der Waals surface area (Å²) in [6, 6.07) is 14.1. The molecule has 2 nitrogen and oxygen atoms in total. The van der Waals surface area contributed by atoms with Crippen LogP contribution >= 0.6 is 0 Å². The molecule has 1 aromatic heterocycles. The van der Waals surface area contributed by atoms with Gasteiger partial charge in [0.2, 0.25) is 0 Å². The summed E-state index contributed by atoms with van der Waals surface area (Å²) in [5.41, 5.74) is 3.29. The van der Waals surface area contributed by atoms with Gasteiger partial charge >= 0.3 is 0 Å². The molecule has 0 radical (unpaired) electrons. The molecular weight excluding hydrogens is 196 g/mol. The first-order valence-electron chi connectivity index (χ1n) is 5.23. The van der Waals surface area contributed by atoms with E-state index in [-0.39, 0.29) is 0 Å². The number of hydrogen-bond donors (Lipinski definition) is 0. The standard InChI is InChI=1S/C14H13N2/c1-12-4-2-3-5-14(12)11-16-8-6-13(10-15)7-9-16/h2-9H,11H2,1H3/q+1. The Morgan fingerprint density at radius 1 is 1.12 bits per heavy atom. The van der Waals surface area contributed by atoms with Crippen LogP contribution in [0.15, 0.2) is 48.8 Å². The molecule has 0 amide bonds. The maximum Gasteiger partial charge on any atom is 0.174 e. The second-order valence-corrected chi connectivity index (χ2v) is 3.80. The fraction of sp³-hybridized carbons (Fsp3) is 0.143. The molecule has 0 aliphatic heterocycles. The summed E-state index contributed by atoms with van der Waals surface area (Å²) in [6.45, 7) is 2.96. The van der Waals surface area contributed by atoms with E-state index in [1.165, 1.54) is 11.1 Å². The Balaban J connectivity index is 2.22. The molecule has 2 heteroatoms. The van der Waals surface area contributed by atoms with Gasteiger partial charge in [-0.1, -0.05) is 24.3 Å². The third-order valence-corrected chi connectivity index (χ3v) is 2.63. The minimum Gasteiger partial charge on any atom is -0.201 e. The maximum atomic E-state index is 8.70. The average molecular weight is 209 g/mol. The predicted octanol–water partition coefficient (Wildman–Crippen LogP) is 2.20. The quantitative estimate of drug-likeness (QED) is 0.697. The van der Waals surface area contributed by atoms with Crippen molar-refractivity contribution in [3.05, 3.63) is 65.5 Å². The van der Waals surface area contributed by atoms with Gasteiger partial charge in [-0.2, -0.15) is 5.26 Å². The predicted molar refractivity (Wildman–Crippen MR) is 61.6 cm³/mol. The Bertz CT molecular complexity index is 521. The third kappa shape index (κ3) is 2.26. The molecule has 0 fully saturated rings. The molecule has 0 N–H and O–H groups in total. The molecule has 0 aliphatic rings. The van der Waals surface area contributed by atoms with Gasteiger partial charge in [0.05, 0.1) is 11.6 Å². The Kier molecular flexibility index (Phi) is 2.98. The van der Waals surface area contributed by atoms with Gasteiger partial charge in [0.1, 0.15) is 0 Å². The van der Waals surface area contributed by atoms with Crippen molar-refractivity contribution in [2.24, 2.45) is 0 Å². The van der Waals surface area contributed by atoms with Gasteiger partial charge in [-0.15, -0.1) is 0 Å². The maximum absolute atomic E-state index is 8.70. The molecule has 0 aliphatic carbocycles. The van der Waals surface area contributed by atoms with Crippen molar-refractivity contribution in [3.8, 4) is 6.07 Å². The van der Waals surface area contributed by atoms with E-state index in [1.807, 2.05) is 36.7 Å². The van der Waals surface area contributed by atoms with E-state index in [1.54, 1.807) is 0 Å². The average Bonchev–Trinajstić information content (AvgIpc) is 2.33. The number of rotatable bonds is 2. The number of pyridine rings is 1. The Morgan fingerprint density at radius 2 is 1.81 bits per heavy atom. The van der Waals surface area contributed by atoms with Gasteiger partial charge in [-0.3, -0.25) is 0 Å². The lowest BCUT2D eigenvalue weighted by atomic mass is 10.1. The molecule has 16 heavy (non-hydrogen) atoms. The van der Waals surface area contributed by atoms with Crippen LogP contribution in [0.3, 0.4) is 0 Å². The summed E-state index contributed by atoms with van der Waals surface area (Å²) in [4.78, 5) is 0. The summed E-state index contributed by atoms with van der Waals surface area (Å²) < 4.78 is 2.07. The fourth-order valence-electron chi connectivity index (χ4n) is 1.62. The molecule has 0 atom stereocenters. The highest BCUT2D eigenvalue weighted by molar-refractivity contribution is 5.25. The van der Waals surface area contributed by atoms with Crippen LogP contribution in [0.5, 0.6) is 0 Å².